The lowest BCUT2D eigenvalue weighted by Crippen LogP contribution is -2.39. The molecular weight excluding hydrogens is 446 g/mol. The molecule has 0 spiro atoms. The lowest BCUT2D eigenvalue weighted by molar-refractivity contribution is -0.124. The number of anilines is 2. The molecule has 1 aliphatic heterocycles. The van der Waals surface area contributed by atoms with Crippen molar-refractivity contribution >= 4 is 40.5 Å². The zero-order valence-corrected chi connectivity index (χ0v) is 20.0. The average molecular weight is 474 g/mol. The minimum absolute atomic E-state index is 0.00214. The number of hydrogen-bond donors (Lipinski definition) is 1. The van der Waals surface area contributed by atoms with Gasteiger partial charge in [-0.2, -0.15) is 0 Å². The van der Waals surface area contributed by atoms with Crippen molar-refractivity contribution in [2.45, 2.75) is 25.8 Å². The zero-order valence-electron chi connectivity index (χ0n) is 19.2. The number of thiocarbonyl (C=S) groups is 1. The molecule has 0 unspecified atom stereocenters. The highest BCUT2D eigenvalue weighted by molar-refractivity contribution is 7.80. The molecule has 1 fully saturated rings. The summed E-state index contributed by atoms with van der Waals surface area (Å²) in [6, 6.07) is 24.1. The number of methoxy groups -OCH3 is 1. The number of carbonyl (C=O) groups excluding carboxylic acids is 2. The lowest BCUT2D eigenvalue weighted by Gasteiger charge is -2.24. The number of nitrogens with one attached hydrogen (secondary N) is 1. The number of hydrogen-bond acceptors (Lipinski definition) is 4. The molecule has 3 aromatic carbocycles. The molecule has 6 nitrogen and oxygen atoms in total. The number of rotatable bonds is 8. The molecule has 0 aliphatic carbocycles. The van der Waals surface area contributed by atoms with Crippen LogP contribution in [0.3, 0.4) is 0 Å². The van der Waals surface area contributed by atoms with Crippen LogP contribution in [0.2, 0.25) is 0 Å². The minimum Gasteiger partial charge on any atom is -0.497 e. The van der Waals surface area contributed by atoms with Crippen LogP contribution < -0.4 is 15.0 Å². The highest BCUT2D eigenvalue weighted by Crippen LogP contribution is 2.28. The Morgan fingerprint density at radius 1 is 1.00 bits per heavy atom. The summed E-state index contributed by atoms with van der Waals surface area (Å²) in [4.78, 5) is 29.8. The monoisotopic (exact) mass is 473 g/mol. The average Bonchev–Trinajstić information content (AvgIpc) is 3.08. The second-order valence-electron chi connectivity index (χ2n) is 8.22. The smallest absolute Gasteiger partial charge is 0.256 e. The molecule has 0 aromatic heterocycles. The molecule has 0 saturated carbocycles. The van der Waals surface area contributed by atoms with Gasteiger partial charge in [0.2, 0.25) is 5.91 Å². The van der Waals surface area contributed by atoms with E-state index < -0.39 is 6.04 Å². The summed E-state index contributed by atoms with van der Waals surface area (Å²) in [5.74, 6) is 0.267. The van der Waals surface area contributed by atoms with Gasteiger partial charge in [0.25, 0.3) is 5.91 Å². The second-order valence-corrected chi connectivity index (χ2v) is 8.58. The third-order valence-electron chi connectivity index (χ3n) is 5.85. The first-order valence-corrected chi connectivity index (χ1v) is 11.6. The van der Waals surface area contributed by atoms with E-state index >= 15 is 0 Å². The largest absolute Gasteiger partial charge is 0.497 e. The van der Waals surface area contributed by atoms with E-state index in [2.05, 4.69) is 5.32 Å². The third-order valence-corrected chi connectivity index (χ3v) is 6.26. The molecule has 174 valence electrons. The molecule has 34 heavy (non-hydrogen) atoms. The summed E-state index contributed by atoms with van der Waals surface area (Å²) in [6.45, 7) is 2.53. The summed E-state index contributed by atoms with van der Waals surface area (Å²) in [5, 5.41) is 3.30. The van der Waals surface area contributed by atoms with Crippen LogP contribution >= 0.6 is 12.2 Å². The quantitative estimate of drug-likeness (QED) is 0.486. The van der Waals surface area contributed by atoms with E-state index in [0.717, 1.165) is 11.1 Å². The summed E-state index contributed by atoms with van der Waals surface area (Å²) >= 11 is 5.74. The van der Waals surface area contributed by atoms with Crippen LogP contribution in [0.25, 0.3) is 0 Å². The molecule has 3 aromatic rings. The van der Waals surface area contributed by atoms with Gasteiger partial charge in [-0.3, -0.25) is 14.5 Å². The lowest BCUT2D eigenvalue weighted by atomic mass is 10.1. The predicted molar refractivity (Wildman–Crippen MR) is 138 cm³/mol. The van der Waals surface area contributed by atoms with Gasteiger partial charge in [-0.05, 0) is 67.5 Å². The Bertz CT molecular complexity index is 1160. The molecule has 1 heterocycles. The molecule has 0 radical (unpaired) electrons. The van der Waals surface area contributed by atoms with Crippen LogP contribution in [-0.2, 0) is 16.0 Å². The Morgan fingerprint density at radius 3 is 2.32 bits per heavy atom. The van der Waals surface area contributed by atoms with Crippen LogP contribution in [0.5, 0.6) is 5.75 Å². The standard InChI is InChI=1S/C27H27N3O3S/c1-19-8-12-22(13-9-19)30-26(32)24(18-25(31)28-21-10-14-23(33-2)15-11-21)29(27(30)34)17-16-20-6-4-3-5-7-20/h3-15,24H,16-18H2,1-2H3,(H,28,31)/t24-/m1/s1. The number of benzene rings is 3. The van der Waals surface area contributed by atoms with E-state index in [1.165, 1.54) is 0 Å². The topological polar surface area (TPSA) is 61.9 Å². The van der Waals surface area contributed by atoms with Crippen molar-refractivity contribution in [2.75, 3.05) is 23.9 Å². The SMILES string of the molecule is COc1ccc(NC(=O)C[C@@H]2C(=O)N(c3ccc(C)cc3)C(=S)N2CCc2ccccc2)cc1. The molecule has 4 rings (SSSR count). The van der Waals surface area contributed by atoms with Crippen molar-refractivity contribution in [3.63, 3.8) is 0 Å². The van der Waals surface area contributed by atoms with Crippen molar-refractivity contribution in [1.29, 1.82) is 0 Å². The molecule has 1 atom stereocenters. The van der Waals surface area contributed by atoms with Crippen molar-refractivity contribution in [3.05, 3.63) is 90.0 Å². The van der Waals surface area contributed by atoms with Crippen LogP contribution in [0.1, 0.15) is 17.5 Å². The van der Waals surface area contributed by atoms with Gasteiger partial charge in [0.1, 0.15) is 11.8 Å². The molecule has 1 aliphatic rings. The number of ether oxygens (including phenoxy) is 1. The van der Waals surface area contributed by atoms with E-state index in [-0.39, 0.29) is 18.2 Å². The maximum atomic E-state index is 13.5. The Morgan fingerprint density at radius 2 is 1.68 bits per heavy atom. The van der Waals surface area contributed by atoms with Gasteiger partial charge in [-0.1, -0.05) is 48.0 Å². The van der Waals surface area contributed by atoms with E-state index in [9.17, 15) is 9.59 Å². The Balaban J connectivity index is 1.53. The molecule has 1 saturated heterocycles. The number of aryl methyl sites for hydroxylation is 1. The summed E-state index contributed by atoms with van der Waals surface area (Å²) in [6.07, 6.45) is 0.717. The van der Waals surface area contributed by atoms with Crippen molar-refractivity contribution in [3.8, 4) is 5.75 Å². The summed E-state index contributed by atoms with van der Waals surface area (Å²) < 4.78 is 5.16. The Labute approximate surface area is 205 Å². The van der Waals surface area contributed by atoms with Crippen LogP contribution in [0.15, 0.2) is 78.9 Å². The fourth-order valence-corrected chi connectivity index (χ4v) is 4.39. The van der Waals surface area contributed by atoms with Gasteiger partial charge in [-0.15, -0.1) is 0 Å². The molecule has 2 amide bonds. The third kappa shape index (κ3) is 5.26. The highest BCUT2D eigenvalue weighted by Gasteiger charge is 2.43. The van der Waals surface area contributed by atoms with Gasteiger partial charge < -0.3 is 15.0 Å². The molecular formula is C27H27N3O3S. The number of carbonyl (C=O) groups is 2. The summed E-state index contributed by atoms with van der Waals surface area (Å²) in [7, 11) is 1.59. The van der Waals surface area contributed by atoms with Gasteiger partial charge in [0.05, 0.1) is 19.2 Å². The first-order valence-electron chi connectivity index (χ1n) is 11.2. The van der Waals surface area contributed by atoms with Crippen LogP contribution in [0, 0.1) is 6.92 Å². The zero-order chi connectivity index (χ0) is 24.1. The van der Waals surface area contributed by atoms with E-state index in [0.29, 0.717) is 35.2 Å². The number of nitrogens with zero attached hydrogens (tertiary/aromatic N) is 2. The normalized spacial score (nSPS) is 15.5. The Hall–Kier alpha value is -3.71. The highest BCUT2D eigenvalue weighted by atomic mass is 32.1. The van der Waals surface area contributed by atoms with Gasteiger partial charge in [0.15, 0.2) is 5.11 Å². The maximum absolute atomic E-state index is 13.5. The molecule has 1 N–H and O–H groups in total. The summed E-state index contributed by atoms with van der Waals surface area (Å²) in [5.41, 5.74) is 3.60. The minimum atomic E-state index is -0.671. The molecule has 7 heteroatoms. The molecule has 0 bridgehead atoms. The van der Waals surface area contributed by atoms with Gasteiger partial charge >= 0.3 is 0 Å². The van der Waals surface area contributed by atoms with Crippen LogP contribution in [0.4, 0.5) is 11.4 Å². The van der Waals surface area contributed by atoms with Crippen molar-refractivity contribution in [1.82, 2.24) is 4.90 Å². The Kier molecular flexibility index (Phi) is 7.23. The van der Waals surface area contributed by atoms with Crippen LogP contribution in [-0.4, -0.2) is 41.5 Å². The fourth-order valence-electron chi connectivity index (χ4n) is 3.98. The van der Waals surface area contributed by atoms with E-state index in [1.54, 1.807) is 36.3 Å². The second kappa shape index (κ2) is 10.5. The van der Waals surface area contributed by atoms with Gasteiger partial charge in [-0.25, -0.2) is 0 Å². The predicted octanol–water partition coefficient (Wildman–Crippen LogP) is 4.58. The first kappa shape index (κ1) is 23.4. The van der Waals surface area contributed by atoms with Crippen molar-refractivity contribution in [2.24, 2.45) is 0 Å². The number of amides is 2. The van der Waals surface area contributed by atoms with E-state index in [1.807, 2.05) is 66.4 Å². The van der Waals surface area contributed by atoms with Crippen molar-refractivity contribution < 1.29 is 14.3 Å². The van der Waals surface area contributed by atoms with Gasteiger partial charge in [0, 0.05) is 12.2 Å². The first-order chi connectivity index (χ1) is 16.5. The fraction of sp³-hybridized carbons (Fsp3) is 0.222. The van der Waals surface area contributed by atoms with E-state index in [4.69, 9.17) is 17.0 Å². The maximum Gasteiger partial charge on any atom is 0.256 e.